The lowest BCUT2D eigenvalue weighted by molar-refractivity contribution is -0.141. The second-order valence-electron chi connectivity index (χ2n) is 9.00. The molecule has 34 heavy (non-hydrogen) atoms. The van der Waals surface area contributed by atoms with Crippen LogP contribution in [0.5, 0.6) is 0 Å². The minimum absolute atomic E-state index is 0.0112. The summed E-state index contributed by atoms with van der Waals surface area (Å²) in [5.74, 6) is -1.21. The van der Waals surface area contributed by atoms with Gasteiger partial charge in [0.1, 0.15) is 6.54 Å². The lowest BCUT2D eigenvalue weighted by atomic mass is 9.83. The van der Waals surface area contributed by atoms with E-state index < -0.39 is 5.97 Å². The molecule has 1 heterocycles. The highest BCUT2D eigenvalue weighted by atomic mass is 16.5. The first-order valence-corrected chi connectivity index (χ1v) is 12.5. The van der Waals surface area contributed by atoms with Gasteiger partial charge in [0, 0.05) is 24.1 Å². The number of amides is 2. The molecule has 0 aliphatic carbocycles. The monoisotopic (exact) mass is 471 g/mol. The van der Waals surface area contributed by atoms with Gasteiger partial charge in [-0.15, -0.1) is 0 Å². The quantitative estimate of drug-likeness (QED) is 0.470. The lowest BCUT2D eigenvalue weighted by Gasteiger charge is -2.34. The molecular formula is C27H41N3O4. The number of nitrogens with zero attached hydrogens (tertiary/aromatic N) is 2. The Morgan fingerprint density at radius 2 is 1.79 bits per heavy atom. The zero-order valence-corrected chi connectivity index (χ0v) is 21.6. The van der Waals surface area contributed by atoms with E-state index in [4.69, 9.17) is 4.74 Å². The van der Waals surface area contributed by atoms with Crippen LogP contribution in [-0.2, 0) is 19.1 Å². The summed E-state index contributed by atoms with van der Waals surface area (Å²) in [4.78, 5) is 42.5. The van der Waals surface area contributed by atoms with Crippen LogP contribution in [0.25, 0.3) is 0 Å². The van der Waals surface area contributed by atoms with E-state index in [2.05, 4.69) is 24.1 Å². The number of hydrogen-bond acceptors (Lipinski definition) is 5. The van der Waals surface area contributed by atoms with Gasteiger partial charge in [-0.2, -0.15) is 0 Å². The molecule has 1 aliphatic rings. The predicted molar refractivity (Wildman–Crippen MR) is 134 cm³/mol. The standard InChI is InChI=1S/C27H41N3O4/c1-7-29(8-2)16-10-11-20(5)28-24(31)18-30-21(6)26(27(33)34-9-3)23(17-25(30)32)22-14-12-19(4)13-15-22/h12-15,20,23H,7-11,16-18H2,1-6H3,(H,28,31). The highest BCUT2D eigenvalue weighted by Gasteiger charge is 2.37. The van der Waals surface area contributed by atoms with Gasteiger partial charge in [0.2, 0.25) is 11.8 Å². The largest absolute Gasteiger partial charge is 0.463 e. The van der Waals surface area contributed by atoms with Crippen LogP contribution in [0.4, 0.5) is 0 Å². The molecule has 0 spiro atoms. The van der Waals surface area contributed by atoms with Gasteiger partial charge in [-0.1, -0.05) is 43.7 Å². The van der Waals surface area contributed by atoms with Crippen molar-refractivity contribution in [3.63, 3.8) is 0 Å². The van der Waals surface area contributed by atoms with Crippen molar-refractivity contribution in [3.05, 3.63) is 46.7 Å². The van der Waals surface area contributed by atoms with Crippen molar-refractivity contribution < 1.29 is 19.1 Å². The van der Waals surface area contributed by atoms with Gasteiger partial charge in [-0.05, 0) is 65.7 Å². The number of ether oxygens (including phenoxy) is 1. The van der Waals surface area contributed by atoms with E-state index in [9.17, 15) is 14.4 Å². The van der Waals surface area contributed by atoms with Gasteiger partial charge in [0.15, 0.2) is 0 Å². The van der Waals surface area contributed by atoms with Crippen LogP contribution >= 0.6 is 0 Å². The fourth-order valence-corrected chi connectivity index (χ4v) is 4.46. The molecule has 2 amide bonds. The van der Waals surface area contributed by atoms with Crippen molar-refractivity contribution >= 4 is 17.8 Å². The molecule has 2 atom stereocenters. The maximum atomic E-state index is 13.1. The third-order valence-corrected chi connectivity index (χ3v) is 6.51. The molecule has 2 rings (SSSR count). The van der Waals surface area contributed by atoms with E-state index in [1.807, 2.05) is 38.1 Å². The maximum Gasteiger partial charge on any atom is 0.336 e. The molecule has 1 aromatic carbocycles. The van der Waals surface area contributed by atoms with Crippen LogP contribution < -0.4 is 5.32 Å². The van der Waals surface area contributed by atoms with Crippen molar-refractivity contribution in [2.75, 3.05) is 32.8 Å². The number of rotatable bonds is 12. The van der Waals surface area contributed by atoms with E-state index in [0.29, 0.717) is 11.3 Å². The number of carbonyl (C=O) groups is 3. The van der Waals surface area contributed by atoms with Crippen LogP contribution in [0.15, 0.2) is 35.5 Å². The van der Waals surface area contributed by atoms with Crippen molar-refractivity contribution in [1.82, 2.24) is 15.1 Å². The average Bonchev–Trinajstić information content (AvgIpc) is 2.79. The summed E-state index contributed by atoms with van der Waals surface area (Å²) in [5.41, 5.74) is 2.94. The smallest absolute Gasteiger partial charge is 0.336 e. The minimum Gasteiger partial charge on any atom is -0.463 e. The Morgan fingerprint density at radius 1 is 1.15 bits per heavy atom. The third kappa shape index (κ3) is 7.42. The number of carbonyl (C=O) groups excluding carboxylic acids is 3. The van der Waals surface area contributed by atoms with E-state index in [1.54, 1.807) is 13.8 Å². The first-order chi connectivity index (χ1) is 16.2. The van der Waals surface area contributed by atoms with Gasteiger partial charge in [0.05, 0.1) is 12.2 Å². The molecule has 2 unspecified atom stereocenters. The van der Waals surface area contributed by atoms with Gasteiger partial charge >= 0.3 is 5.97 Å². The van der Waals surface area contributed by atoms with E-state index in [1.165, 1.54) is 4.90 Å². The lowest BCUT2D eigenvalue weighted by Crippen LogP contribution is -2.46. The number of esters is 1. The second-order valence-corrected chi connectivity index (χ2v) is 9.00. The first kappa shape index (κ1) is 27.6. The zero-order chi connectivity index (χ0) is 25.3. The number of allylic oxidation sites excluding steroid dienone is 1. The first-order valence-electron chi connectivity index (χ1n) is 12.5. The molecule has 1 N–H and O–H groups in total. The van der Waals surface area contributed by atoms with E-state index >= 15 is 0 Å². The van der Waals surface area contributed by atoms with Gasteiger partial charge < -0.3 is 19.9 Å². The average molecular weight is 472 g/mol. The number of hydrogen-bond donors (Lipinski definition) is 1. The van der Waals surface area contributed by atoms with Crippen LogP contribution in [-0.4, -0.2) is 66.4 Å². The Balaban J connectivity index is 2.13. The Hall–Kier alpha value is -2.67. The number of aryl methyl sites for hydroxylation is 1. The Kier molecular flexibility index (Phi) is 10.8. The summed E-state index contributed by atoms with van der Waals surface area (Å²) in [6.07, 6.45) is 1.99. The van der Waals surface area contributed by atoms with Crippen molar-refractivity contribution in [1.29, 1.82) is 0 Å². The Morgan fingerprint density at radius 3 is 2.38 bits per heavy atom. The zero-order valence-electron chi connectivity index (χ0n) is 21.6. The molecule has 0 radical (unpaired) electrons. The summed E-state index contributed by atoms with van der Waals surface area (Å²) in [7, 11) is 0. The molecule has 0 fully saturated rings. The fourth-order valence-electron chi connectivity index (χ4n) is 4.46. The van der Waals surface area contributed by atoms with Gasteiger partial charge in [0.25, 0.3) is 0 Å². The predicted octanol–water partition coefficient (Wildman–Crippen LogP) is 3.77. The summed E-state index contributed by atoms with van der Waals surface area (Å²) in [6.45, 7) is 14.9. The molecule has 0 saturated heterocycles. The van der Waals surface area contributed by atoms with Crippen LogP contribution in [0.3, 0.4) is 0 Å². The molecule has 7 heteroatoms. The van der Waals surface area contributed by atoms with Crippen LogP contribution in [0.1, 0.15) is 70.9 Å². The number of nitrogens with one attached hydrogen (secondary N) is 1. The van der Waals surface area contributed by atoms with Gasteiger partial charge in [-0.25, -0.2) is 4.79 Å². The van der Waals surface area contributed by atoms with Gasteiger partial charge in [-0.3, -0.25) is 9.59 Å². The minimum atomic E-state index is -0.437. The molecule has 7 nitrogen and oxygen atoms in total. The molecule has 0 aromatic heterocycles. The topological polar surface area (TPSA) is 79.0 Å². The summed E-state index contributed by atoms with van der Waals surface area (Å²) in [5, 5.41) is 3.01. The summed E-state index contributed by atoms with van der Waals surface area (Å²) >= 11 is 0. The normalized spacial score (nSPS) is 17.2. The molecular weight excluding hydrogens is 430 g/mol. The van der Waals surface area contributed by atoms with Crippen LogP contribution in [0.2, 0.25) is 0 Å². The molecule has 0 bridgehead atoms. The van der Waals surface area contributed by atoms with Crippen molar-refractivity contribution in [3.8, 4) is 0 Å². The summed E-state index contributed by atoms with van der Waals surface area (Å²) < 4.78 is 5.32. The highest BCUT2D eigenvalue weighted by molar-refractivity contribution is 5.97. The Labute approximate surface area is 204 Å². The third-order valence-electron chi connectivity index (χ3n) is 6.51. The SMILES string of the molecule is CCOC(=O)C1=C(C)N(CC(=O)NC(C)CCCN(CC)CC)C(=O)CC1c1ccc(C)cc1. The Bertz CT molecular complexity index is 874. The van der Waals surface area contributed by atoms with E-state index in [0.717, 1.165) is 43.6 Å². The molecule has 1 aromatic rings. The molecule has 188 valence electrons. The number of benzene rings is 1. The van der Waals surface area contributed by atoms with Crippen molar-refractivity contribution in [2.45, 2.75) is 72.8 Å². The summed E-state index contributed by atoms with van der Waals surface area (Å²) in [6, 6.07) is 7.85. The maximum absolute atomic E-state index is 13.1. The van der Waals surface area contributed by atoms with Crippen LogP contribution in [0, 0.1) is 6.92 Å². The highest BCUT2D eigenvalue weighted by Crippen LogP contribution is 2.37. The molecule has 1 aliphatic heterocycles. The fraction of sp³-hybridized carbons (Fsp3) is 0.593. The molecule has 0 saturated carbocycles. The second kappa shape index (κ2) is 13.3. The van der Waals surface area contributed by atoms with E-state index in [-0.39, 0.29) is 43.3 Å². The van der Waals surface area contributed by atoms with Crippen molar-refractivity contribution in [2.24, 2.45) is 0 Å².